The van der Waals surface area contributed by atoms with Crippen molar-refractivity contribution in [1.29, 1.82) is 0 Å². The van der Waals surface area contributed by atoms with Crippen molar-refractivity contribution in [2.45, 2.75) is 18.4 Å². The van der Waals surface area contributed by atoms with Crippen molar-refractivity contribution >= 4 is 35.7 Å². The van der Waals surface area contributed by atoms with E-state index in [1.54, 1.807) is 0 Å². The molecule has 1 aromatic heterocycles. The number of amides is 3. The van der Waals surface area contributed by atoms with Gasteiger partial charge in [-0.05, 0) is 29.5 Å². The van der Waals surface area contributed by atoms with Crippen LogP contribution >= 0.6 is 23.7 Å². The lowest BCUT2D eigenvalue weighted by Gasteiger charge is -2.21. The first kappa shape index (κ1) is 21.2. The first-order chi connectivity index (χ1) is 12.6. The van der Waals surface area contributed by atoms with Gasteiger partial charge in [-0.3, -0.25) is 4.79 Å². The van der Waals surface area contributed by atoms with Gasteiger partial charge in [0.1, 0.15) is 0 Å². The smallest absolute Gasteiger partial charge is 0.312 e. The molecule has 1 unspecified atom stereocenters. The van der Waals surface area contributed by atoms with Crippen molar-refractivity contribution in [3.8, 4) is 0 Å². The molecule has 3 rings (SSSR count). The van der Waals surface area contributed by atoms with Crippen LogP contribution in [0.4, 0.5) is 4.79 Å². The van der Waals surface area contributed by atoms with Crippen LogP contribution in [-0.2, 0) is 4.79 Å². The lowest BCUT2D eigenvalue weighted by Crippen LogP contribution is -2.37. The number of carbonyl (C=O) groups excluding carboxylic acids is 2. The van der Waals surface area contributed by atoms with Crippen molar-refractivity contribution in [2.24, 2.45) is 17.4 Å². The number of nitrogens with one attached hydrogen (secondary N) is 1. The average Bonchev–Trinajstić information content (AvgIpc) is 3.31. The lowest BCUT2D eigenvalue weighted by atomic mass is 9.89. The summed E-state index contributed by atoms with van der Waals surface area (Å²) in [5, 5.41) is 4.60. The van der Waals surface area contributed by atoms with Gasteiger partial charge in [-0.15, -0.1) is 23.7 Å². The van der Waals surface area contributed by atoms with Crippen molar-refractivity contribution < 1.29 is 9.59 Å². The molecule has 8 heteroatoms. The highest BCUT2D eigenvalue weighted by Crippen LogP contribution is 2.33. The van der Waals surface area contributed by atoms with E-state index >= 15 is 0 Å². The van der Waals surface area contributed by atoms with Gasteiger partial charge in [-0.25, -0.2) is 4.79 Å². The normalized spacial score (nSPS) is 20.0. The van der Waals surface area contributed by atoms with Crippen molar-refractivity contribution in [3.05, 3.63) is 58.3 Å². The molecule has 1 aromatic carbocycles. The number of rotatable bonds is 6. The molecule has 0 spiro atoms. The standard InChI is InChI=1S/C19H24N4O2S.ClH/c20-10-14-11-23(12-15(14)13-5-2-1-3-6-13)18(24)9-16(22-19(21)25)17-7-4-8-26-17;/h1-8,14-16H,9-12,20H2,(H3,21,22,25);1H/t14-,15+,16?;/m1./s1. The van der Waals surface area contributed by atoms with E-state index in [0.29, 0.717) is 19.6 Å². The molecule has 0 radical (unpaired) electrons. The summed E-state index contributed by atoms with van der Waals surface area (Å²) in [7, 11) is 0. The third-order valence-corrected chi connectivity index (χ3v) is 5.89. The van der Waals surface area contributed by atoms with E-state index < -0.39 is 12.1 Å². The van der Waals surface area contributed by atoms with Gasteiger partial charge in [0.05, 0.1) is 12.5 Å². The molecule has 3 atom stereocenters. The van der Waals surface area contributed by atoms with Gasteiger partial charge < -0.3 is 21.7 Å². The maximum Gasteiger partial charge on any atom is 0.312 e. The summed E-state index contributed by atoms with van der Waals surface area (Å²) in [6, 6.07) is 13.0. The number of primary amides is 1. The van der Waals surface area contributed by atoms with Gasteiger partial charge in [0.25, 0.3) is 0 Å². The summed E-state index contributed by atoms with van der Waals surface area (Å²) in [6.07, 6.45) is 0.197. The fraction of sp³-hybridized carbons (Fsp3) is 0.368. The van der Waals surface area contributed by atoms with Crippen LogP contribution in [0.5, 0.6) is 0 Å². The third kappa shape index (κ3) is 5.22. The van der Waals surface area contributed by atoms with E-state index in [2.05, 4.69) is 17.4 Å². The summed E-state index contributed by atoms with van der Waals surface area (Å²) in [6.45, 7) is 1.83. The molecule has 0 aliphatic carbocycles. The molecule has 2 heterocycles. The quantitative estimate of drug-likeness (QED) is 0.684. The molecule has 6 nitrogen and oxygen atoms in total. The van der Waals surface area contributed by atoms with Crippen LogP contribution in [0.2, 0.25) is 0 Å². The van der Waals surface area contributed by atoms with Gasteiger partial charge in [0, 0.05) is 23.9 Å². The molecule has 1 aliphatic rings. The highest BCUT2D eigenvalue weighted by Gasteiger charge is 2.36. The number of likely N-dealkylation sites (tertiary alicyclic amines) is 1. The Kier molecular flexibility index (Phi) is 7.65. The van der Waals surface area contributed by atoms with Crippen LogP contribution in [0.1, 0.15) is 28.8 Å². The molecule has 1 saturated heterocycles. The molecule has 146 valence electrons. The van der Waals surface area contributed by atoms with Crippen molar-refractivity contribution in [3.63, 3.8) is 0 Å². The van der Waals surface area contributed by atoms with E-state index in [0.717, 1.165) is 4.88 Å². The topological polar surface area (TPSA) is 101 Å². The van der Waals surface area contributed by atoms with E-state index in [1.807, 2.05) is 40.6 Å². The Bertz CT molecular complexity index is 741. The van der Waals surface area contributed by atoms with E-state index in [9.17, 15) is 9.59 Å². The van der Waals surface area contributed by atoms with Gasteiger partial charge in [-0.2, -0.15) is 0 Å². The minimum Gasteiger partial charge on any atom is -0.352 e. The number of carbonyl (C=O) groups is 2. The van der Waals surface area contributed by atoms with Crippen LogP contribution in [0.3, 0.4) is 0 Å². The largest absolute Gasteiger partial charge is 0.352 e. The van der Waals surface area contributed by atoms with Crippen LogP contribution in [0.25, 0.3) is 0 Å². The zero-order chi connectivity index (χ0) is 18.5. The Morgan fingerprint density at radius 2 is 1.93 bits per heavy atom. The SMILES string of the molecule is Cl.NC[C@@H]1CN(C(=O)CC(NC(N)=O)c2cccs2)C[C@H]1c1ccccc1. The van der Waals surface area contributed by atoms with Gasteiger partial charge in [-0.1, -0.05) is 36.4 Å². The van der Waals surface area contributed by atoms with Crippen LogP contribution in [0, 0.1) is 5.92 Å². The zero-order valence-electron chi connectivity index (χ0n) is 14.9. The molecule has 0 bridgehead atoms. The molecule has 1 fully saturated rings. The molecule has 27 heavy (non-hydrogen) atoms. The van der Waals surface area contributed by atoms with Crippen LogP contribution in [-0.4, -0.2) is 36.5 Å². The second-order valence-electron chi connectivity index (χ2n) is 6.59. The van der Waals surface area contributed by atoms with Gasteiger partial charge >= 0.3 is 6.03 Å². The predicted molar refractivity (Wildman–Crippen MR) is 110 cm³/mol. The summed E-state index contributed by atoms with van der Waals surface area (Å²) in [4.78, 5) is 27.0. The minimum absolute atomic E-state index is 0. The molecule has 0 saturated carbocycles. The van der Waals surface area contributed by atoms with Gasteiger partial charge in [0.15, 0.2) is 0 Å². The number of thiophene rings is 1. The minimum atomic E-state index is -0.625. The first-order valence-electron chi connectivity index (χ1n) is 8.70. The number of urea groups is 1. The Labute approximate surface area is 169 Å². The second-order valence-corrected chi connectivity index (χ2v) is 7.57. The first-order valence-corrected chi connectivity index (χ1v) is 9.58. The average molecular weight is 409 g/mol. The second kappa shape index (κ2) is 9.73. The van der Waals surface area contributed by atoms with Crippen LogP contribution in [0.15, 0.2) is 47.8 Å². The molecule has 1 aliphatic heterocycles. The maximum atomic E-state index is 12.9. The fourth-order valence-electron chi connectivity index (χ4n) is 3.58. The zero-order valence-corrected chi connectivity index (χ0v) is 16.5. The highest BCUT2D eigenvalue weighted by atomic mass is 35.5. The monoisotopic (exact) mass is 408 g/mol. The molecular formula is C19H25ClN4O2S. The van der Waals surface area contributed by atoms with Gasteiger partial charge in [0.2, 0.25) is 5.91 Å². The summed E-state index contributed by atoms with van der Waals surface area (Å²) in [5.41, 5.74) is 12.5. The Balaban J connectivity index is 0.00000261. The maximum absolute atomic E-state index is 12.9. The molecule has 3 amide bonds. The van der Waals surface area contributed by atoms with E-state index in [1.165, 1.54) is 16.9 Å². The highest BCUT2D eigenvalue weighted by molar-refractivity contribution is 7.10. The summed E-state index contributed by atoms with van der Waals surface area (Å²) >= 11 is 1.50. The van der Waals surface area contributed by atoms with Crippen molar-refractivity contribution in [1.82, 2.24) is 10.2 Å². The molecule has 2 aromatic rings. The predicted octanol–water partition coefficient (Wildman–Crippen LogP) is 2.47. The number of hydrogen-bond donors (Lipinski definition) is 3. The summed E-state index contributed by atoms with van der Waals surface area (Å²) < 4.78 is 0. The Hall–Kier alpha value is -2.09. The molecule has 5 N–H and O–H groups in total. The number of nitrogens with two attached hydrogens (primary N) is 2. The molecular weight excluding hydrogens is 384 g/mol. The van der Waals surface area contributed by atoms with Crippen LogP contribution < -0.4 is 16.8 Å². The van der Waals surface area contributed by atoms with E-state index in [-0.39, 0.29) is 36.6 Å². The van der Waals surface area contributed by atoms with Crippen molar-refractivity contribution in [2.75, 3.05) is 19.6 Å². The number of halogens is 1. The lowest BCUT2D eigenvalue weighted by molar-refractivity contribution is -0.130. The number of hydrogen-bond acceptors (Lipinski definition) is 4. The fourth-order valence-corrected chi connectivity index (χ4v) is 4.36. The summed E-state index contributed by atoms with van der Waals surface area (Å²) in [5.74, 6) is 0.495. The van der Waals surface area contributed by atoms with E-state index in [4.69, 9.17) is 11.5 Å². The number of benzene rings is 1. The Morgan fingerprint density at radius 1 is 1.19 bits per heavy atom. The Morgan fingerprint density at radius 3 is 2.52 bits per heavy atom. The number of nitrogens with zero attached hydrogens (tertiary/aromatic N) is 1. The third-order valence-electron chi connectivity index (χ3n) is 4.91.